The van der Waals surface area contributed by atoms with Crippen molar-refractivity contribution in [2.75, 3.05) is 20.3 Å². The molecule has 0 aromatic heterocycles. The molecule has 0 bridgehead atoms. The third kappa shape index (κ3) is 5.07. The zero-order valence-electron chi connectivity index (χ0n) is 12.1. The van der Waals surface area contributed by atoms with Gasteiger partial charge in [0.1, 0.15) is 5.75 Å². The smallest absolute Gasteiger partial charge is 0.119 e. The molecule has 0 saturated heterocycles. The van der Waals surface area contributed by atoms with Crippen LogP contribution >= 0.6 is 0 Å². The first-order valence-electron chi connectivity index (χ1n) is 6.47. The number of ether oxygens (including phenoxy) is 2. The van der Waals surface area contributed by atoms with Gasteiger partial charge in [-0.25, -0.2) is 0 Å². The number of hydrogen-bond donors (Lipinski definition) is 1. The Morgan fingerprint density at radius 1 is 1.28 bits per heavy atom. The van der Waals surface area contributed by atoms with Crippen molar-refractivity contribution in [2.45, 2.75) is 39.3 Å². The van der Waals surface area contributed by atoms with Crippen LogP contribution in [0.25, 0.3) is 0 Å². The Bertz CT molecular complexity index is 358. The van der Waals surface area contributed by atoms with Crippen LogP contribution in [-0.4, -0.2) is 25.8 Å². The third-order valence-electron chi connectivity index (χ3n) is 2.65. The van der Waals surface area contributed by atoms with Gasteiger partial charge in [0.15, 0.2) is 0 Å². The minimum Gasteiger partial charge on any atom is -0.497 e. The van der Waals surface area contributed by atoms with E-state index in [1.54, 1.807) is 7.11 Å². The molecule has 0 amide bonds. The van der Waals surface area contributed by atoms with Crippen LogP contribution in [0.2, 0.25) is 0 Å². The molecule has 102 valence electrons. The zero-order valence-corrected chi connectivity index (χ0v) is 12.1. The summed E-state index contributed by atoms with van der Waals surface area (Å²) in [7, 11) is 1.68. The van der Waals surface area contributed by atoms with Gasteiger partial charge in [-0.15, -0.1) is 0 Å². The van der Waals surface area contributed by atoms with Gasteiger partial charge in [0.2, 0.25) is 0 Å². The van der Waals surface area contributed by atoms with Crippen LogP contribution in [0.5, 0.6) is 5.75 Å². The maximum absolute atomic E-state index is 5.80. The van der Waals surface area contributed by atoms with E-state index in [0.717, 1.165) is 17.9 Å². The fourth-order valence-corrected chi connectivity index (χ4v) is 1.71. The molecule has 0 aliphatic rings. The molecule has 0 saturated carbocycles. The first-order chi connectivity index (χ1) is 8.46. The SMILES string of the molecule is CCOC(CNC(C)(C)C)c1cccc(OC)c1. The summed E-state index contributed by atoms with van der Waals surface area (Å²) >= 11 is 0. The summed E-state index contributed by atoms with van der Waals surface area (Å²) in [6.07, 6.45) is 0.0596. The molecule has 0 heterocycles. The molecular weight excluding hydrogens is 226 g/mol. The Balaban J connectivity index is 2.76. The lowest BCUT2D eigenvalue weighted by atomic mass is 10.1. The Hall–Kier alpha value is -1.06. The van der Waals surface area contributed by atoms with Crippen molar-refractivity contribution in [3.8, 4) is 5.75 Å². The fourth-order valence-electron chi connectivity index (χ4n) is 1.71. The normalized spacial score (nSPS) is 13.4. The van der Waals surface area contributed by atoms with Crippen molar-refractivity contribution in [2.24, 2.45) is 0 Å². The van der Waals surface area contributed by atoms with Crippen LogP contribution < -0.4 is 10.1 Å². The van der Waals surface area contributed by atoms with Crippen molar-refractivity contribution in [1.82, 2.24) is 5.32 Å². The lowest BCUT2D eigenvalue weighted by molar-refractivity contribution is 0.0575. The second-order valence-electron chi connectivity index (χ2n) is 5.35. The van der Waals surface area contributed by atoms with Gasteiger partial charge in [-0.1, -0.05) is 12.1 Å². The standard InChI is InChI=1S/C15H25NO2/c1-6-18-14(11-16-15(2,3)4)12-8-7-9-13(10-12)17-5/h7-10,14,16H,6,11H2,1-5H3. The van der Waals surface area contributed by atoms with E-state index in [0.29, 0.717) is 6.61 Å². The molecule has 1 atom stereocenters. The van der Waals surface area contributed by atoms with Crippen molar-refractivity contribution >= 4 is 0 Å². The van der Waals surface area contributed by atoms with Crippen LogP contribution in [-0.2, 0) is 4.74 Å². The molecule has 1 rings (SSSR count). The largest absolute Gasteiger partial charge is 0.497 e. The molecule has 18 heavy (non-hydrogen) atoms. The Morgan fingerprint density at radius 3 is 2.56 bits per heavy atom. The molecule has 0 aliphatic heterocycles. The first-order valence-corrected chi connectivity index (χ1v) is 6.47. The van der Waals surface area contributed by atoms with Crippen LogP contribution in [0.3, 0.4) is 0 Å². The van der Waals surface area contributed by atoms with Gasteiger partial charge in [-0.3, -0.25) is 0 Å². The van der Waals surface area contributed by atoms with Gasteiger partial charge in [-0.2, -0.15) is 0 Å². The highest BCUT2D eigenvalue weighted by Crippen LogP contribution is 2.22. The monoisotopic (exact) mass is 251 g/mol. The summed E-state index contributed by atoms with van der Waals surface area (Å²) in [5, 5.41) is 3.48. The molecule has 0 fully saturated rings. The first kappa shape index (κ1) is 15.0. The van der Waals surface area contributed by atoms with E-state index in [1.165, 1.54) is 0 Å². The predicted molar refractivity (Wildman–Crippen MR) is 75.1 cm³/mol. The van der Waals surface area contributed by atoms with Gasteiger partial charge in [0.25, 0.3) is 0 Å². The Kier molecular flexibility index (Phi) is 5.63. The minimum atomic E-state index is 0.0596. The number of methoxy groups -OCH3 is 1. The number of hydrogen-bond acceptors (Lipinski definition) is 3. The maximum atomic E-state index is 5.80. The van der Waals surface area contributed by atoms with Gasteiger partial charge < -0.3 is 14.8 Å². The summed E-state index contributed by atoms with van der Waals surface area (Å²) in [6.45, 7) is 9.98. The highest BCUT2D eigenvalue weighted by molar-refractivity contribution is 5.30. The van der Waals surface area contributed by atoms with Gasteiger partial charge in [0.05, 0.1) is 13.2 Å². The van der Waals surface area contributed by atoms with Crippen LogP contribution in [0.15, 0.2) is 24.3 Å². The average molecular weight is 251 g/mol. The van der Waals surface area contributed by atoms with Crippen molar-refractivity contribution < 1.29 is 9.47 Å². The molecule has 1 aromatic carbocycles. The van der Waals surface area contributed by atoms with Crippen molar-refractivity contribution in [1.29, 1.82) is 0 Å². The Labute approximate surface area is 110 Å². The van der Waals surface area contributed by atoms with Crippen molar-refractivity contribution in [3.63, 3.8) is 0 Å². The van der Waals surface area contributed by atoms with Crippen molar-refractivity contribution in [3.05, 3.63) is 29.8 Å². The van der Waals surface area contributed by atoms with Crippen LogP contribution in [0, 0.1) is 0 Å². The highest BCUT2D eigenvalue weighted by Gasteiger charge is 2.16. The number of benzene rings is 1. The van der Waals surface area contributed by atoms with E-state index in [1.807, 2.05) is 25.1 Å². The summed E-state index contributed by atoms with van der Waals surface area (Å²) in [5.74, 6) is 0.868. The summed E-state index contributed by atoms with van der Waals surface area (Å²) in [5.41, 5.74) is 1.24. The second-order valence-corrected chi connectivity index (χ2v) is 5.35. The lowest BCUT2D eigenvalue weighted by Crippen LogP contribution is -2.39. The van der Waals surface area contributed by atoms with Gasteiger partial charge in [-0.05, 0) is 45.4 Å². The molecule has 0 aliphatic carbocycles. The van der Waals surface area contributed by atoms with E-state index in [-0.39, 0.29) is 11.6 Å². The average Bonchev–Trinajstić information content (AvgIpc) is 2.33. The molecule has 1 aromatic rings. The number of rotatable bonds is 6. The van der Waals surface area contributed by atoms with E-state index in [2.05, 4.69) is 32.2 Å². The van der Waals surface area contributed by atoms with E-state index in [9.17, 15) is 0 Å². The predicted octanol–water partition coefficient (Wildman–Crippen LogP) is 3.16. The lowest BCUT2D eigenvalue weighted by Gasteiger charge is -2.25. The number of nitrogens with one attached hydrogen (secondary N) is 1. The second kappa shape index (κ2) is 6.76. The van der Waals surface area contributed by atoms with Gasteiger partial charge >= 0.3 is 0 Å². The molecule has 0 spiro atoms. The summed E-state index contributed by atoms with van der Waals surface area (Å²) < 4.78 is 11.1. The molecular formula is C15H25NO2. The molecule has 3 nitrogen and oxygen atoms in total. The van der Waals surface area contributed by atoms with Crippen LogP contribution in [0.4, 0.5) is 0 Å². The minimum absolute atomic E-state index is 0.0596. The highest BCUT2D eigenvalue weighted by atomic mass is 16.5. The van der Waals surface area contributed by atoms with Crippen LogP contribution in [0.1, 0.15) is 39.4 Å². The third-order valence-corrected chi connectivity index (χ3v) is 2.65. The fraction of sp³-hybridized carbons (Fsp3) is 0.600. The molecule has 1 unspecified atom stereocenters. The molecule has 1 N–H and O–H groups in total. The topological polar surface area (TPSA) is 30.5 Å². The summed E-state index contributed by atoms with van der Waals surface area (Å²) in [6, 6.07) is 8.05. The molecule has 0 radical (unpaired) electrons. The van der Waals surface area contributed by atoms with E-state index < -0.39 is 0 Å². The zero-order chi connectivity index (χ0) is 13.6. The Morgan fingerprint density at radius 2 is 2.00 bits per heavy atom. The molecule has 3 heteroatoms. The summed E-state index contributed by atoms with van der Waals surface area (Å²) in [4.78, 5) is 0. The van der Waals surface area contributed by atoms with E-state index >= 15 is 0 Å². The quantitative estimate of drug-likeness (QED) is 0.842. The van der Waals surface area contributed by atoms with E-state index in [4.69, 9.17) is 9.47 Å². The van der Waals surface area contributed by atoms with Gasteiger partial charge in [0, 0.05) is 18.7 Å². The maximum Gasteiger partial charge on any atom is 0.119 e.